The van der Waals surface area contributed by atoms with Gasteiger partial charge in [0.25, 0.3) is 5.91 Å². The van der Waals surface area contributed by atoms with E-state index in [1.54, 1.807) is 17.5 Å². The minimum absolute atomic E-state index is 0.257. The van der Waals surface area contributed by atoms with Gasteiger partial charge in [0.1, 0.15) is 34.7 Å². The molecule has 4 rings (SSSR count). The van der Waals surface area contributed by atoms with Crippen molar-refractivity contribution in [3.8, 4) is 16.3 Å². The third-order valence-corrected chi connectivity index (χ3v) is 5.14. The van der Waals surface area contributed by atoms with Crippen LogP contribution in [-0.4, -0.2) is 10.9 Å². The number of halogens is 2. The zero-order valence-corrected chi connectivity index (χ0v) is 16.5. The number of benzene rings is 3. The van der Waals surface area contributed by atoms with E-state index in [9.17, 15) is 13.6 Å². The van der Waals surface area contributed by atoms with Crippen LogP contribution in [-0.2, 0) is 6.61 Å². The Morgan fingerprint density at radius 2 is 1.60 bits per heavy atom. The maximum atomic E-state index is 13.1. The van der Waals surface area contributed by atoms with Gasteiger partial charge in [-0.05, 0) is 54.1 Å². The Labute approximate surface area is 175 Å². The monoisotopic (exact) mass is 422 g/mol. The van der Waals surface area contributed by atoms with E-state index < -0.39 is 0 Å². The number of hydrogen-bond acceptors (Lipinski definition) is 4. The van der Waals surface area contributed by atoms with Gasteiger partial charge in [-0.1, -0.05) is 24.3 Å². The number of amides is 1. The van der Waals surface area contributed by atoms with E-state index in [4.69, 9.17) is 4.74 Å². The predicted octanol–water partition coefficient (Wildman–Crippen LogP) is 5.92. The highest BCUT2D eigenvalue weighted by molar-refractivity contribution is 7.13. The Balaban J connectivity index is 1.49. The van der Waals surface area contributed by atoms with Crippen LogP contribution in [0.1, 0.15) is 16.1 Å². The molecule has 0 unspecified atom stereocenters. The normalized spacial score (nSPS) is 10.6. The lowest BCUT2D eigenvalue weighted by Crippen LogP contribution is -2.12. The lowest BCUT2D eigenvalue weighted by Gasteiger charge is -2.10. The first-order valence-electron chi connectivity index (χ1n) is 9.07. The number of carbonyl (C=O) groups is 1. The van der Waals surface area contributed by atoms with Crippen molar-refractivity contribution >= 4 is 22.9 Å². The fourth-order valence-corrected chi connectivity index (χ4v) is 3.57. The summed E-state index contributed by atoms with van der Waals surface area (Å²) in [6.07, 6.45) is 0. The van der Waals surface area contributed by atoms with Crippen LogP contribution < -0.4 is 10.1 Å². The first-order chi connectivity index (χ1) is 14.6. The number of hydrogen-bond donors (Lipinski definition) is 1. The zero-order valence-electron chi connectivity index (χ0n) is 15.6. The fraction of sp³-hybridized carbons (Fsp3) is 0.0435. The molecule has 0 fully saturated rings. The maximum Gasteiger partial charge on any atom is 0.275 e. The number of anilines is 1. The fourth-order valence-electron chi connectivity index (χ4n) is 2.74. The Morgan fingerprint density at radius 1 is 0.933 bits per heavy atom. The van der Waals surface area contributed by atoms with Crippen LogP contribution in [0.15, 0.2) is 78.2 Å². The van der Waals surface area contributed by atoms with Gasteiger partial charge in [0, 0.05) is 11.1 Å². The molecule has 4 aromatic rings. The van der Waals surface area contributed by atoms with Crippen molar-refractivity contribution in [1.82, 2.24) is 4.98 Å². The quantitative estimate of drug-likeness (QED) is 0.420. The molecule has 30 heavy (non-hydrogen) atoms. The molecule has 0 radical (unpaired) electrons. The van der Waals surface area contributed by atoms with Crippen LogP contribution in [0.5, 0.6) is 5.75 Å². The van der Waals surface area contributed by atoms with E-state index in [1.165, 1.54) is 47.7 Å². The van der Waals surface area contributed by atoms with Gasteiger partial charge in [0.15, 0.2) is 0 Å². The van der Waals surface area contributed by atoms with Crippen LogP contribution in [0, 0.1) is 11.6 Å². The maximum absolute atomic E-state index is 13.1. The predicted molar refractivity (Wildman–Crippen MR) is 113 cm³/mol. The number of nitrogens with zero attached hydrogens (tertiary/aromatic N) is 1. The van der Waals surface area contributed by atoms with E-state index in [2.05, 4.69) is 10.3 Å². The molecule has 7 heteroatoms. The van der Waals surface area contributed by atoms with Crippen molar-refractivity contribution in [2.24, 2.45) is 0 Å². The van der Waals surface area contributed by atoms with Crippen molar-refractivity contribution in [2.75, 3.05) is 5.32 Å². The van der Waals surface area contributed by atoms with Crippen LogP contribution in [0.4, 0.5) is 14.5 Å². The van der Waals surface area contributed by atoms with Crippen molar-refractivity contribution in [3.63, 3.8) is 0 Å². The van der Waals surface area contributed by atoms with Gasteiger partial charge in [-0.15, -0.1) is 11.3 Å². The van der Waals surface area contributed by atoms with Crippen LogP contribution >= 0.6 is 11.3 Å². The summed E-state index contributed by atoms with van der Waals surface area (Å²) in [5.41, 5.74) is 2.33. The number of aromatic nitrogens is 1. The van der Waals surface area contributed by atoms with Crippen LogP contribution in [0.25, 0.3) is 10.6 Å². The van der Waals surface area contributed by atoms with Crippen molar-refractivity contribution < 1.29 is 18.3 Å². The molecule has 0 saturated heterocycles. The van der Waals surface area contributed by atoms with Gasteiger partial charge in [-0.2, -0.15) is 0 Å². The summed E-state index contributed by atoms with van der Waals surface area (Å²) >= 11 is 1.32. The van der Waals surface area contributed by atoms with Crippen LogP contribution in [0.2, 0.25) is 0 Å². The summed E-state index contributed by atoms with van der Waals surface area (Å²) in [6, 6.07) is 19.0. The number of nitrogens with one attached hydrogen (secondary N) is 1. The molecular formula is C23H16F2N2O2S. The molecule has 4 nitrogen and oxygen atoms in total. The number of carbonyl (C=O) groups excluding carboxylic acids is 1. The van der Waals surface area contributed by atoms with E-state index in [1.807, 2.05) is 24.3 Å². The highest BCUT2D eigenvalue weighted by Gasteiger charge is 2.15. The minimum atomic E-state index is -0.381. The summed E-state index contributed by atoms with van der Waals surface area (Å²) in [5, 5.41) is 4.98. The summed E-state index contributed by atoms with van der Waals surface area (Å²) in [6.45, 7) is 0.278. The first kappa shape index (κ1) is 19.7. The molecule has 1 amide bonds. The Kier molecular flexibility index (Phi) is 5.81. The standard InChI is InChI=1S/C23H16F2N2O2S/c24-16-7-5-15(6-8-16)13-29-21-4-2-1-3-19(21)23-27-20(14-30-23)22(28)26-18-11-9-17(25)10-12-18/h1-12,14H,13H2,(H,26,28). The zero-order chi connectivity index (χ0) is 20.9. The topological polar surface area (TPSA) is 51.2 Å². The second-order valence-corrected chi connectivity index (χ2v) is 7.27. The molecule has 150 valence electrons. The van der Waals surface area contributed by atoms with Gasteiger partial charge < -0.3 is 10.1 Å². The Morgan fingerprint density at radius 3 is 2.33 bits per heavy atom. The van der Waals surface area contributed by atoms with Crippen molar-refractivity contribution in [1.29, 1.82) is 0 Å². The Hall–Kier alpha value is -3.58. The van der Waals surface area contributed by atoms with E-state index in [-0.39, 0.29) is 29.8 Å². The second-order valence-electron chi connectivity index (χ2n) is 6.41. The lowest BCUT2D eigenvalue weighted by atomic mass is 10.2. The number of ether oxygens (including phenoxy) is 1. The molecule has 0 spiro atoms. The largest absolute Gasteiger partial charge is 0.488 e. The first-order valence-corrected chi connectivity index (χ1v) is 9.95. The average molecular weight is 422 g/mol. The molecule has 0 bridgehead atoms. The van der Waals surface area contributed by atoms with Gasteiger partial charge in [0.05, 0.1) is 5.56 Å². The van der Waals surface area contributed by atoms with E-state index >= 15 is 0 Å². The summed E-state index contributed by atoms with van der Waals surface area (Å²) < 4.78 is 32.0. The molecule has 0 atom stereocenters. The highest BCUT2D eigenvalue weighted by Crippen LogP contribution is 2.32. The van der Waals surface area contributed by atoms with Gasteiger partial charge in [-0.3, -0.25) is 4.79 Å². The SMILES string of the molecule is O=C(Nc1ccc(F)cc1)c1csc(-c2ccccc2OCc2ccc(F)cc2)n1. The van der Waals surface area contributed by atoms with Gasteiger partial charge >= 0.3 is 0 Å². The van der Waals surface area contributed by atoms with E-state index in [0.29, 0.717) is 16.4 Å². The Bertz CT molecular complexity index is 1160. The number of thiazole rings is 1. The molecule has 1 N–H and O–H groups in total. The van der Waals surface area contributed by atoms with Crippen LogP contribution in [0.3, 0.4) is 0 Å². The third kappa shape index (κ3) is 4.69. The molecular weight excluding hydrogens is 406 g/mol. The second kappa shape index (κ2) is 8.84. The summed E-state index contributed by atoms with van der Waals surface area (Å²) in [5.74, 6) is -0.440. The smallest absolute Gasteiger partial charge is 0.275 e. The van der Waals surface area contributed by atoms with Gasteiger partial charge in [-0.25, -0.2) is 13.8 Å². The number of para-hydroxylation sites is 1. The molecule has 1 heterocycles. The molecule has 3 aromatic carbocycles. The molecule has 0 aliphatic carbocycles. The molecule has 0 saturated carbocycles. The minimum Gasteiger partial charge on any atom is -0.488 e. The van der Waals surface area contributed by atoms with Crippen molar-refractivity contribution in [2.45, 2.75) is 6.61 Å². The van der Waals surface area contributed by atoms with E-state index in [0.717, 1.165) is 11.1 Å². The average Bonchev–Trinajstić information content (AvgIpc) is 3.25. The molecule has 0 aliphatic heterocycles. The summed E-state index contributed by atoms with van der Waals surface area (Å²) in [7, 11) is 0. The van der Waals surface area contributed by atoms with Crippen molar-refractivity contribution in [3.05, 3.63) is 101 Å². The van der Waals surface area contributed by atoms with Gasteiger partial charge in [0.2, 0.25) is 0 Å². The molecule has 0 aliphatic rings. The molecule has 1 aromatic heterocycles. The third-order valence-electron chi connectivity index (χ3n) is 4.26. The lowest BCUT2D eigenvalue weighted by molar-refractivity contribution is 0.102. The number of rotatable bonds is 6. The highest BCUT2D eigenvalue weighted by atomic mass is 32.1. The summed E-state index contributed by atoms with van der Waals surface area (Å²) in [4.78, 5) is 16.9.